The summed E-state index contributed by atoms with van der Waals surface area (Å²) in [6.45, 7) is 1.54. The molecule has 9 nitrogen and oxygen atoms in total. The molecule has 166 valence electrons. The van der Waals surface area contributed by atoms with E-state index in [-0.39, 0.29) is 36.0 Å². The molecule has 1 aliphatic heterocycles. The third-order valence-corrected chi connectivity index (χ3v) is 6.75. The molecule has 4 rings (SSSR count). The number of amides is 1. The van der Waals surface area contributed by atoms with E-state index < -0.39 is 15.9 Å². The highest BCUT2D eigenvalue weighted by molar-refractivity contribution is 7.89. The Morgan fingerprint density at radius 2 is 1.84 bits per heavy atom. The van der Waals surface area contributed by atoms with Gasteiger partial charge in [-0.05, 0) is 48.0 Å². The molecular formula is C22H22N4O5S. The minimum atomic E-state index is -3.71. The van der Waals surface area contributed by atoms with Crippen LogP contribution in [0.5, 0.6) is 5.75 Å². The molecule has 0 aliphatic carbocycles. The van der Waals surface area contributed by atoms with Gasteiger partial charge in [0.25, 0.3) is 5.91 Å². The van der Waals surface area contributed by atoms with Gasteiger partial charge in [0, 0.05) is 37.2 Å². The number of ether oxygens (including phenoxy) is 2. The summed E-state index contributed by atoms with van der Waals surface area (Å²) in [7, 11) is -3.71. The summed E-state index contributed by atoms with van der Waals surface area (Å²) in [5.74, 6) is 0.152. The first-order chi connectivity index (χ1) is 15.5. The zero-order valence-electron chi connectivity index (χ0n) is 17.2. The van der Waals surface area contributed by atoms with E-state index in [1.54, 1.807) is 36.7 Å². The van der Waals surface area contributed by atoms with Gasteiger partial charge in [0.1, 0.15) is 6.61 Å². The highest BCUT2D eigenvalue weighted by Gasteiger charge is 2.27. The Balaban J connectivity index is 1.49. The molecule has 1 N–H and O–H groups in total. The Morgan fingerprint density at radius 1 is 1.06 bits per heavy atom. The summed E-state index contributed by atoms with van der Waals surface area (Å²) in [5.41, 5.74) is 1.12. The van der Waals surface area contributed by atoms with Crippen LogP contribution in [0.15, 0.2) is 72.0 Å². The fourth-order valence-corrected chi connectivity index (χ4v) is 4.61. The van der Waals surface area contributed by atoms with Crippen molar-refractivity contribution in [1.82, 2.24) is 14.3 Å². The van der Waals surface area contributed by atoms with Crippen molar-refractivity contribution in [3.05, 3.63) is 78.2 Å². The van der Waals surface area contributed by atoms with E-state index in [4.69, 9.17) is 9.47 Å². The van der Waals surface area contributed by atoms with Crippen LogP contribution in [0.4, 0.5) is 5.82 Å². The van der Waals surface area contributed by atoms with Gasteiger partial charge in [-0.1, -0.05) is 6.07 Å². The fraction of sp³-hybridized carbons (Fsp3) is 0.227. The molecule has 1 aromatic carbocycles. The van der Waals surface area contributed by atoms with Crippen molar-refractivity contribution in [2.24, 2.45) is 0 Å². The summed E-state index contributed by atoms with van der Waals surface area (Å²) < 4.78 is 38.2. The lowest BCUT2D eigenvalue weighted by molar-refractivity contribution is 0.0730. The highest BCUT2D eigenvalue weighted by atomic mass is 32.2. The number of carbonyl (C=O) groups excluding carboxylic acids is 1. The third kappa shape index (κ3) is 5.10. The number of hydrogen-bond acceptors (Lipinski definition) is 7. The summed E-state index contributed by atoms with van der Waals surface area (Å²) in [4.78, 5) is 21.1. The fourth-order valence-electron chi connectivity index (χ4n) is 3.15. The summed E-state index contributed by atoms with van der Waals surface area (Å²) in [6, 6.07) is 13.0. The molecular weight excluding hydrogens is 432 g/mol. The van der Waals surface area contributed by atoms with E-state index >= 15 is 0 Å². The highest BCUT2D eigenvalue weighted by Crippen LogP contribution is 2.24. The van der Waals surface area contributed by atoms with Gasteiger partial charge >= 0.3 is 0 Å². The SMILES string of the molecule is O=C(Nc1ncccc1OCc1ccncc1)c1cccc(S(=O)(=O)N2CCOCC2)c1. The molecule has 1 saturated heterocycles. The number of nitrogens with one attached hydrogen (secondary N) is 1. The maximum Gasteiger partial charge on any atom is 0.256 e. The monoisotopic (exact) mass is 454 g/mol. The van der Waals surface area contributed by atoms with Crippen LogP contribution in [0.25, 0.3) is 0 Å². The van der Waals surface area contributed by atoms with Crippen molar-refractivity contribution in [2.75, 3.05) is 31.6 Å². The summed E-state index contributed by atoms with van der Waals surface area (Å²) in [5, 5.41) is 2.71. The lowest BCUT2D eigenvalue weighted by Crippen LogP contribution is -2.40. The Labute approximate surface area is 186 Å². The molecule has 0 atom stereocenters. The second kappa shape index (κ2) is 9.86. The third-order valence-electron chi connectivity index (χ3n) is 4.85. The van der Waals surface area contributed by atoms with Crippen molar-refractivity contribution in [3.63, 3.8) is 0 Å². The molecule has 3 aromatic rings. The van der Waals surface area contributed by atoms with E-state index in [1.165, 1.54) is 22.6 Å². The largest absolute Gasteiger partial charge is 0.485 e. The van der Waals surface area contributed by atoms with Crippen molar-refractivity contribution >= 4 is 21.7 Å². The zero-order valence-corrected chi connectivity index (χ0v) is 18.0. The topological polar surface area (TPSA) is 111 Å². The molecule has 3 heterocycles. The average Bonchev–Trinajstić information content (AvgIpc) is 2.85. The van der Waals surface area contributed by atoms with E-state index in [9.17, 15) is 13.2 Å². The number of aromatic nitrogens is 2. The predicted octanol–water partition coefficient (Wildman–Crippen LogP) is 2.33. The van der Waals surface area contributed by atoms with Crippen molar-refractivity contribution in [2.45, 2.75) is 11.5 Å². The first kappa shape index (κ1) is 21.9. The van der Waals surface area contributed by atoms with Gasteiger partial charge in [-0.2, -0.15) is 4.31 Å². The maximum atomic E-state index is 12.9. The normalized spacial score (nSPS) is 14.6. The minimum Gasteiger partial charge on any atom is -0.485 e. The molecule has 1 amide bonds. The van der Waals surface area contributed by atoms with Crippen LogP contribution in [-0.4, -0.2) is 54.9 Å². The standard InChI is InChI=1S/C22H22N4O5S/c27-22(18-3-1-4-19(15-18)32(28,29)26-11-13-30-14-12-26)25-21-20(5-2-8-24-21)31-16-17-6-9-23-10-7-17/h1-10,15H,11-14,16H2,(H,24,25,27). The number of morpholine rings is 1. The molecule has 0 unspecified atom stereocenters. The number of anilines is 1. The van der Waals surface area contributed by atoms with Gasteiger partial charge in [0.05, 0.1) is 18.1 Å². The van der Waals surface area contributed by atoms with Gasteiger partial charge in [-0.15, -0.1) is 0 Å². The number of carbonyl (C=O) groups is 1. The predicted molar refractivity (Wildman–Crippen MR) is 117 cm³/mol. The number of rotatable bonds is 7. The first-order valence-corrected chi connectivity index (χ1v) is 11.4. The lowest BCUT2D eigenvalue weighted by Gasteiger charge is -2.26. The maximum absolute atomic E-state index is 12.9. The number of nitrogens with zero attached hydrogens (tertiary/aromatic N) is 3. The van der Waals surface area contributed by atoms with Crippen LogP contribution in [0, 0.1) is 0 Å². The minimum absolute atomic E-state index is 0.0576. The van der Waals surface area contributed by atoms with Gasteiger partial charge < -0.3 is 14.8 Å². The molecule has 0 bridgehead atoms. The van der Waals surface area contributed by atoms with Gasteiger partial charge in [-0.25, -0.2) is 13.4 Å². The van der Waals surface area contributed by atoms with Crippen LogP contribution in [0.2, 0.25) is 0 Å². The second-order valence-corrected chi connectivity index (χ2v) is 8.93. The Kier molecular flexibility index (Phi) is 6.74. The Bertz CT molecular complexity index is 1180. The number of benzene rings is 1. The van der Waals surface area contributed by atoms with E-state index in [0.717, 1.165) is 5.56 Å². The van der Waals surface area contributed by atoms with E-state index in [2.05, 4.69) is 15.3 Å². The van der Waals surface area contributed by atoms with Gasteiger partial charge in [0.15, 0.2) is 11.6 Å². The number of hydrogen-bond donors (Lipinski definition) is 1. The summed E-state index contributed by atoms with van der Waals surface area (Å²) in [6.07, 6.45) is 4.87. The van der Waals surface area contributed by atoms with E-state index in [0.29, 0.717) is 19.0 Å². The zero-order chi connectivity index (χ0) is 22.4. The molecule has 1 aliphatic rings. The summed E-state index contributed by atoms with van der Waals surface area (Å²) >= 11 is 0. The second-order valence-electron chi connectivity index (χ2n) is 6.99. The Hall–Kier alpha value is -3.34. The first-order valence-electron chi connectivity index (χ1n) is 10.00. The average molecular weight is 455 g/mol. The molecule has 32 heavy (non-hydrogen) atoms. The van der Waals surface area contributed by atoms with Gasteiger partial charge in [-0.3, -0.25) is 9.78 Å². The molecule has 1 fully saturated rings. The molecule has 0 saturated carbocycles. The molecule has 0 spiro atoms. The molecule has 10 heteroatoms. The van der Waals surface area contributed by atoms with Crippen LogP contribution in [-0.2, 0) is 21.4 Å². The van der Waals surface area contributed by atoms with Crippen molar-refractivity contribution in [1.29, 1.82) is 0 Å². The van der Waals surface area contributed by atoms with Crippen LogP contribution in [0.1, 0.15) is 15.9 Å². The van der Waals surface area contributed by atoms with Crippen LogP contribution in [0.3, 0.4) is 0 Å². The lowest BCUT2D eigenvalue weighted by atomic mass is 10.2. The van der Waals surface area contributed by atoms with E-state index in [1.807, 2.05) is 12.1 Å². The van der Waals surface area contributed by atoms with Gasteiger partial charge in [0.2, 0.25) is 10.0 Å². The quantitative estimate of drug-likeness (QED) is 0.583. The smallest absolute Gasteiger partial charge is 0.256 e. The Morgan fingerprint density at radius 3 is 2.62 bits per heavy atom. The van der Waals surface area contributed by atoms with Crippen molar-refractivity contribution in [3.8, 4) is 5.75 Å². The number of sulfonamides is 1. The molecule has 0 radical (unpaired) electrons. The van der Waals surface area contributed by atoms with Crippen LogP contribution < -0.4 is 10.1 Å². The van der Waals surface area contributed by atoms with Crippen molar-refractivity contribution < 1.29 is 22.7 Å². The molecule has 2 aromatic heterocycles. The van der Waals surface area contributed by atoms with Crippen LogP contribution >= 0.6 is 0 Å². The number of pyridine rings is 2.